The molecule has 0 radical (unpaired) electrons. The van der Waals surface area contributed by atoms with Crippen molar-refractivity contribution in [3.8, 4) is 0 Å². The fraction of sp³-hybridized carbons (Fsp3) is 0.500. The first-order valence-electron chi connectivity index (χ1n) is 3.61. The summed E-state index contributed by atoms with van der Waals surface area (Å²) in [7, 11) is 0. The van der Waals surface area contributed by atoms with Gasteiger partial charge in [0.25, 0.3) is 5.91 Å². The highest BCUT2D eigenvalue weighted by molar-refractivity contribution is 5.91. The van der Waals surface area contributed by atoms with Crippen molar-refractivity contribution in [1.82, 2.24) is 0 Å². The lowest BCUT2D eigenvalue weighted by atomic mass is 10.4. The predicted octanol–water partition coefficient (Wildman–Crippen LogP) is 1.54. The average molecular weight is 155 g/mol. The fourth-order valence-electron chi connectivity index (χ4n) is 0.422. The third-order valence-electron chi connectivity index (χ3n) is 1.04. The number of unbranched alkanes of at least 4 members (excludes halogenated alkanes) is 1. The largest absolute Gasteiger partial charge is 0.483 e. The minimum Gasteiger partial charge on any atom is -0.483 e. The third kappa shape index (κ3) is 6.77. The maximum Gasteiger partial charge on any atom is 0.271 e. The summed E-state index contributed by atoms with van der Waals surface area (Å²) < 4.78 is 4.89. The van der Waals surface area contributed by atoms with E-state index < -0.39 is 0 Å². The van der Waals surface area contributed by atoms with Crippen LogP contribution in [0.3, 0.4) is 0 Å². The van der Waals surface area contributed by atoms with Crippen LogP contribution in [0.1, 0.15) is 19.8 Å². The molecule has 0 aromatic heterocycles. The molecule has 0 aliphatic carbocycles. The van der Waals surface area contributed by atoms with Crippen molar-refractivity contribution in [1.29, 1.82) is 0 Å². The molecule has 0 atom stereocenters. The second-order valence-electron chi connectivity index (χ2n) is 2.00. The van der Waals surface area contributed by atoms with Crippen molar-refractivity contribution in [2.24, 2.45) is 4.99 Å². The van der Waals surface area contributed by atoms with Gasteiger partial charge in [-0.05, 0) is 12.5 Å². The Bertz CT molecular complexity index is 152. The number of amides is 1. The molecule has 0 fully saturated rings. The number of carbonyl (C=O) groups is 1. The molecule has 0 unspecified atom stereocenters. The number of ether oxygens (including phenoxy) is 1. The Morgan fingerprint density at radius 2 is 2.45 bits per heavy atom. The van der Waals surface area contributed by atoms with Gasteiger partial charge in [-0.25, -0.2) is 0 Å². The Hall–Kier alpha value is -1.12. The molecule has 3 nitrogen and oxygen atoms in total. The van der Waals surface area contributed by atoms with Crippen molar-refractivity contribution >= 4 is 12.3 Å². The highest BCUT2D eigenvalue weighted by atomic mass is 16.5. The minimum atomic E-state index is -0.374. The first kappa shape index (κ1) is 9.88. The molecular weight excluding hydrogens is 142 g/mol. The zero-order valence-corrected chi connectivity index (χ0v) is 6.75. The van der Waals surface area contributed by atoms with Gasteiger partial charge in [-0.3, -0.25) is 4.79 Å². The number of carbonyl (C=O) groups excluding carboxylic acids is 1. The third-order valence-corrected chi connectivity index (χ3v) is 1.04. The van der Waals surface area contributed by atoms with Gasteiger partial charge in [0.15, 0.2) is 6.40 Å². The van der Waals surface area contributed by atoms with Crippen LogP contribution in [0.25, 0.3) is 0 Å². The molecule has 0 aliphatic heterocycles. The number of nitrogens with zero attached hydrogens (tertiary/aromatic N) is 1. The molecule has 0 rings (SSSR count). The number of hydrogen-bond acceptors (Lipinski definition) is 2. The van der Waals surface area contributed by atoms with Crippen LogP contribution >= 0.6 is 0 Å². The monoisotopic (exact) mass is 155 g/mol. The average Bonchev–Trinajstić information content (AvgIpc) is 2.04. The van der Waals surface area contributed by atoms with E-state index in [1.807, 2.05) is 0 Å². The van der Waals surface area contributed by atoms with Crippen LogP contribution in [-0.4, -0.2) is 18.9 Å². The highest BCUT2D eigenvalue weighted by Crippen LogP contribution is 1.85. The van der Waals surface area contributed by atoms with Gasteiger partial charge in [0.2, 0.25) is 0 Å². The molecule has 0 aromatic carbocycles. The molecular formula is C8H13NO2. The SMILES string of the molecule is C=CC(=O)N=COCCCC. The Morgan fingerprint density at radius 1 is 1.73 bits per heavy atom. The number of hydrogen-bond donors (Lipinski definition) is 0. The van der Waals surface area contributed by atoms with Crippen molar-refractivity contribution in [3.63, 3.8) is 0 Å². The summed E-state index contributed by atoms with van der Waals surface area (Å²) in [5, 5.41) is 0. The van der Waals surface area contributed by atoms with Crippen molar-refractivity contribution < 1.29 is 9.53 Å². The van der Waals surface area contributed by atoms with Gasteiger partial charge >= 0.3 is 0 Å². The van der Waals surface area contributed by atoms with Crippen LogP contribution in [0.15, 0.2) is 17.6 Å². The first-order chi connectivity index (χ1) is 5.31. The molecule has 62 valence electrons. The first-order valence-corrected chi connectivity index (χ1v) is 3.61. The van der Waals surface area contributed by atoms with Gasteiger partial charge in [0.1, 0.15) is 0 Å². The molecule has 0 aromatic rings. The molecule has 3 heteroatoms. The second-order valence-corrected chi connectivity index (χ2v) is 2.00. The quantitative estimate of drug-likeness (QED) is 0.261. The van der Waals surface area contributed by atoms with Crippen LogP contribution in [0.4, 0.5) is 0 Å². The van der Waals surface area contributed by atoms with Gasteiger partial charge in [0, 0.05) is 0 Å². The van der Waals surface area contributed by atoms with Crippen LogP contribution in [0.5, 0.6) is 0 Å². The summed E-state index contributed by atoms with van der Waals surface area (Å²) in [6.45, 7) is 5.94. The van der Waals surface area contributed by atoms with Gasteiger partial charge in [0.05, 0.1) is 6.61 Å². The lowest BCUT2D eigenvalue weighted by Crippen LogP contribution is -1.93. The van der Waals surface area contributed by atoms with Gasteiger partial charge in [-0.1, -0.05) is 19.9 Å². The van der Waals surface area contributed by atoms with E-state index >= 15 is 0 Å². The Balaban J connectivity index is 3.29. The topological polar surface area (TPSA) is 38.7 Å². The van der Waals surface area contributed by atoms with Crippen LogP contribution in [-0.2, 0) is 9.53 Å². The van der Waals surface area contributed by atoms with E-state index in [4.69, 9.17) is 4.74 Å². The van der Waals surface area contributed by atoms with Crippen LogP contribution < -0.4 is 0 Å². The minimum absolute atomic E-state index is 0.374. The molecule has 1 amide bonds. The predicted molar refractivity (Wildman–Crippen MR) is 44.6 cm³/mol. The Kier molecular flexibility index (Phi) is 6.28. The highest BCUT2D eigenvalue weighted by Gasteiger charge is 1.85. The van der Waals surface area contributed by atoms with Gasteiger partial charge in [-0.15, -0.1) is 0 Å². The summed E-state index contributed by atoms with van der Waals surface area (Å²) in [4.78, 5) is 13.9. The molecule has 11 heavy (non-hydrogen) atoms. The van der Waals surface area contributed by atoms with E-state index in [1.54, 1.807) is 0 Å². The molecule has 0 saturated heterocycles. The van der Waals surface area contributed by atoms with Crippen molar-refractivity contribution in [2.75, 3.05) is 6.61 Å². The summed E-state index contributed by atoms with van der Waals surface area (Å²) in [5.74, 6) is -0.374. The van der Waals surface area contributed by atoms with Crippen LogP contribution in [0.2, 0.25) is 0 Å². The van der Waals surface area contributed by atoms with Crippen LogP contribution in [0, 0.1) is 0 Å². The van der Waals surface area contributed by atoms with E-state index in [-0.39, 0.29) is 5.91 Å². The Morgan fingerprint density at radius 3 is 3.00 bits per heavy atom. The maximum atomic E-state index is 10.4. The maximum absolute atomic E-state index is 10.4. The fourth-order valence-corrected chi connectivity index (χ4v) is 0.422. The summed E-state index contributed by atoms with van der Waals surface area (Å²) >= 11 is 0. The summed E-state index contributed by atoms with van der Waals surface area (Å²) in [5.41, 5.74) is 0. The molecule has 0 heterocycles. The number of rotatable bonds is 5. The van der Waals surface area contributed by atoms with Gasteiger partial charge < -0.3 is 4.74 Å². The van der Waals surface area contributed by atoms with Gasteiger partial charge in [-0.2, -0.15) is 4.99 Å². The zero-order chi connectivity index (χ0) is 8.53. The van der Waals surface area contributed by atoms with Crippen molar-refractivity contribution in [3.05, 3.63) is 12.7 Å². The summed E-state index contributed by atoms with van der Waals surface area (Å²) in [6, 6.07) is 0. The lowest BCUT2D eigenvalue weighted by molar-refractivity contribution is -0.113. The molecule has 0 N–H and O–H groups in total. The number of aliphatic imine (C=N–C) groups is 1. The van der Waals surface area contributed by atoms with E-state index in [2.05, 4.69) is 18.5 Å². The molecule has 0 aliphatic rings. The Labute approximate surface area is 66.8 Å². The second kappa shape index (κ2) is 6.99. The van der Waals surface area contributed by atoms with E-state index in [0.29, 0.717) is 6.61 Å². The molecule has 0 bridgehead atoms. The van der Waals surface area contributed by atoms with Crippen molar-refractivity contribution in [2.45, 2.75) is 19.8 Å². The van der Waals surface area contributed by atoms with E-state index in [9.17, 15) is 4.79 Å². The smallest absolute Gasteiger partial charge is 0.271 e. The lowest BCUT2D eigenvalue weighted by Gasteiger charge is -1.94. The summed E-state index contributed by atoms with van der Waals surface area (Å²) in [6.07, 6.45) is 4.36. The zero-order valence-electron chi connectivity index (χ0n) is 6.75. The molecule has 0 spiro atoms. The normalized spacial score (nSPS) is 9.91. The molecule has 0 saturated carbocycles. The van der Waals surface area contributed by atoms with E-state index in [1.165, 1.54) is 6.40 Å². The standard InChI is InChI=1S/C8H13NO2/c1-3-5-6-11-7-9-8(10)4-2/h4,7H,2-3,5-6H2,1H3. The van der Waals surface area contributed by atoms with E-state index in [0.717, 1.165) is 18.9 Å².